The summed E-state index contributed by atoms with van der Waals surface area (Å²) >= 11 is 0. The van der Waals surface area contributed by atoms with Gasteiger partial charge in [0, 0.05) is 19.3 Å². The minimum atomic E-state index is -0.257. The first-order valence-electron chi connectivity index (χ1n) is 21.0. The Labute approximate surface area is 304 Å². The van der Waals surface area contributed by atoms with Gasteiger partial charge >= 0.3 is 11.9 Å². The molecule has 0 aliphatic carbocycles. The minimum Gasteiger partial charge on any atom is -0.465 e. The molecular weight excluding hydrogens is 610 g/mol. The topological polar surface area (TPSA) is 72.8 Å². The third-order valence-corrected chi connectivity index (χ3v) is 9.84. The molecule has 0 amide bonds. The predicted molar refractivity (Wildman–Crippen MR) is 208 cm³/mol. The molecule has 0 saturated carbocycles. The first-order chi connectivity index (χ1) is 23.8. The fourth-order valence-corrected chi connectivity index (χ4v) is 6.01. The number of nitrogens with zero attached hydrogens (tertiary/aromatic N) is 1. The van der Waals surface area contributed by atoms with E-state index in [1.165, 1.54) is 122 Å². The van der Waals surface area contributed by atoms with Crippen molar-refractivity contribution in [3.05, 3.63) is 24.3 Å². The number of carbonyl (C=O) groups excluding carboxylic acids is 2. The lowest BCUT2D eigenvalue weighted by Crippen LogP contribution is -2.50. The summed E-state index contributed by atoms with van der Waals surface area (Å²) in [5.74, 6) is -0.337. The second-order valence-corrected chi connectivity index (χ2v) is 14.7. The molecule has 0 rings (SSSR count). The molecule has 0 fully saturated rings. The van der Waals surface area contributed by atoms with Gasteiger partial charge in [-0.1, -0.05) is 141 Å². The quantitative estimate of drug-likeness (QED) is 0.0231. The maximum atomic E-state index is 12.1. The molecule has 1 N–H and O–H groups in total. The first-order valence-corrected chi connectivity index (χ1v) is 21.0. The van der Waals surface area contributed by atoms with Crippen molar-refractivity contribution in [1.82, 2.24) is 0 Å². The number of likely N-dealkylation sites (N-methyl/N-ethyl adjacent to an activating group) is 1. The van der Waals surface area contributed by atoms with E-state index in [-0.39, 0.29) is 29.2 Å². The zero-order valence-electron chi connectivity index (χ0n) is 33.0. The highest BCUT2D eigenvalue weighted by Crippen LogP contribution is 2.14. The van der Waals surface area contributed by atoms with E-state index in [1.807, 2.05) is 6.92 Å². The summed E-state index contributed by atoms with van der Waals surface area (Å²) in [5, 5.41) is 10.8. The lowest BCUT2D eigenvalue weighted by Gasteiger charge is -2.31. The average Bonchev–Trinajstić information content (AvgIpc) is 3.08. The molecule has 0 heterocycles. The van der Waals surface area contributed by atoms with Gasteiger partial charge in [-0.15, -0.1) is 0 Å². The van der Waals surface area contributed by atoms with Crippen LogP contribution in [0.15, 0.2) is 24.3 Å². The highest BCUT2D eigenvalue weighted by atomic mass is 16.6. The molecule has 6 nitrogen and oxygen atoms in total. The number of carbonyl (C=O) groups is 2. The summed E-state index contributed by atoms with van der Waals surface area (Å²) in [6.07, 6.45) is 42.9. The van der Waals surface area contributed by atoms with Gasteiger partial charge in [-0.3, -0.25) is 9.59 Å². The summed E-state index contributed by atoms with van der Waals surface area (Å²) in [6.45, 7) is 7.27. The minimum absolute atomic E-state index is 0.128. The van der Waals surface area contributed by atoms with Gasteiger partial charge in [-0.25, -0.2) is 5.21 Å². The first kappa shape index (κ1) is 47.3. The molecule has 0 spiro atoms. The Morgan fingerprint density at radius 3 is 1.24 bits per heavy atom. The van der Waals surface area contributed by atoms with Gasteiger partial charge in [0.2, 0.25) is 0 Å². The molecule has 0 saturated heterocycles. The van der Waals surface area contributed by atoms with Crippen LogP contribution in [0.2, 0.25) is 0 Å². The normalized spacial score (nSPS) is 13.7. The summed E-state index contributed by atoms with van der Waals surface area (Å²) in [7, 11) is 1.72. The van der Waals surface area contributed by atoms with Crippen molar-refractivity contribution in [2.45, 2.75) is 213 Å². The van der Waals surface area contributed by atoms with Crippen LogP contribution >= 0.6 is 0 Å². The Hall–Kier alpha value is -1.66. The van der Waals surface area contributed by atoms with Crippen molar-refractivity contribution < 1.29 is 28.9 Å². The number of unbranched alkanes of at least 4 members (excludes halogenated alkanes) is 22. The van der Waals surface area contributed by atoms with E-state index in [0.29, 0.717) is 32.4 Å². The van der Waals surface area contributed by atoms with Crippen LogP contribution in [0.3, 0.4) is 0 Å². The average molecular weight is 693 g/mol. The second kappa shape index (κ2) is 36.1. The molecule has 0 aliphatic heterocycles. The summed E-state index contributed by atoms with van der Waals surface area (Å²) in [4.78, 5) is 24.3. The van der Waals surface area contributed by atoms with Crippen molar-refractivity contribution in [3.63, 3.8) is 0 Å². The molecule has 0 aromatic rings. The Morgan fingerprint density at radius 1 is 0.531 bits per heavy atom. The Balaban J connectivity index is 3.65. The number of hydrogen-bond acceptors (Lipinski definition) is 5. The van der Waals surface area contributed by atoms with Gasteiger partial charge in [0.1, 0.15) is 19.2 Å². The van der Waals surface area contributed by atoms with Crippen LogP contribution in [0.4, 0.5) is 0 Å². The molecule has 0 aromatic heterocycles. The molecule has 0 aliphatic rings. The van der Waals surface area contributed by atoms with Gasteiger partial charge < -0.3 is 9.47 Å². The molecule has 288 valence electrons. The monoisotopic (exact) mass is 693 g/mol. The molecule has 49 heavy (non-hydrogen) atoms. The van der Waals surface area contributed by atoms with E-state index in [4.69, 9.17) is 9.47 Å². The number of allylic oxidation sites excluding steroid dienone is 4. The third-order valence-electron chi connectivity index (χ3n) is 9.84. The van der Waals surface area contributed by atoms with Gasteiger partial charge in [0.15, 0.2) is 0 Å². The standard InChI is InChI=1S/C43H82NO5/c1-5-7-9-11-13-15-17-19-21-23-25-27-29-31-33-35-42(45)48-39-37-41(3)44(4,47)38-40-49-43(46)36-34-32-30-28-26-24-22-20-18-16-14-12-10-8-6-2/h19-22,41,47H,5-18,23-40H2,1-4H3/q+1. The van der Waals surface area contributed by atoms with E-state index in [0.717, 1.165) is 44.9 Å². The van der Waals surface area contributed by atoms with Gasteiger partial charge in [0.25, 0.3) is 0 Å². The maximum absolute atomic E-state index is 12.1. The SMILES string of the molecule is CCCCCCCCC=CCCCCCCCC(=O)OCCC(C)[N+](C)(O)CCOC(=O)CCCCCCCC=CCCCCCCCC. The zero-order chi connectivity index (χ0) is 36.1. The van der Waals surface area contributed by atoms with Crippen molar-refractivity contribution >= 4 is 11.9 Å². The summed E-state index contributed by atoms with van der Waals surface area (Å²) in [5.41, 5.74) is 0. The smallest absolute Gasteiger partial charge is 0.305 e. The predicted octanol–water partition coefficient (Wildman–Crippen LogP) is 12.8. The molecule has 2 unspecified atom stereocenters. The fraction of sp³-hybridized carbons (Fsp3) is 0.860. The fourth-order valence-electron chi connectivity index (χ4n) is 6.01. The Morgan fingerprint density at radius 2 is 0.857 bits per heavy atom. The van der Waals surface area contributed by atoms with Crippen molar-refractivity contribution in [3.8, 4) is 0 Å². The van der Waals surface area contributed by atoms with E-state index in [9.17, 15) is 14.8 Å². The van der Waals surface area contributed by atoms with Crippen LogP contribution in [-0.2, 0) is 19.1 Å². The Bertz CT molecular complexity index is 793. The number of hydrogen-bond donors (Lipinski definition) is 1. The molecule has 6 heteroatoms. The highest BCUT2D eigenvalue weighted by molar-refractivity contribution is 5.69. The highest BCUT2D eigenvalue weighted by Gasteiger charge is 2.28. The van der Waals surface area contributed by atoms with Crippen molar-refractivity contribution in [2.24, 2.45) is 0 Å². The van der Waals surface area contributed by atoms with E-state index in [2.05, 4.69) is 38.2 Å². The molecule has 0 radical (unpaired) electrons. The van der Waals surface area contributed by atoms with Gasteiger partial charge in [-0.2, -0.15) is 4.65 Å². The molecule has 0 aromatic carbocycles. The summed E-state index contributed by atoms with van der Waals surface area (Å²) < 4.78 is 10.6. The van der Waals surface area contributed by atoms with E-state index in [1.54, 1.807) is 7.05 Å². The van der Waals surface area contributed by atoms with Crippen molar-refractivity contribution in [2.75, 3.05) is 26.8 Å². The van der Waals surface area contributed by atoms with Crippen LogP contribution < -0.4 is 0 Å². The lowest BCUT2D eigenvalue weighted by molar-refractivity contribution is -1.10. The van der Waals surface area contributed by atoms with E-state index < -0.39 is 0 Å². The Kier molecular flexibility index (Phi) is 34.9. The van der Waals surface area contributed by atoms with Gasteiger partial charge in [0.05, 0.1) is 13.7 Å². The lowest BCUT2D eigenvalue weighted by atomic mass is 10.1. The second-order valence-electron chi connectivity index (χ2n) is 14.7. The number of esters is 2. The molecular formula is C43H82NO5+. The van der Waals surface area contributed by atoms with Crippen LogP contribution in [0.5, 0.6) is 0 Å². The van der Waals surface area contributed by atoms with Crippen molar-refractivity contribution in [1.29, 1.82) is 0 Å². The summed E-state index contributed by atoms with van der Waals surface area (Å²) in [6, 6.07) is -0.128. The van der Waals surface area contributed by atoms with E-state index >= 15 is 0 Å². The number of ether oxygens (including phenoxy) is 2. The maximum Gasteiger partial charge on any atom is 0.305 e. The van der Waals surface area contributed by atoms with Crippen LogP contribution in [0, 0.1) is 0 Å². The third kappa shape index (κ3) is 34.6. The largest absolute Gasteiger partial charge is 0.465 e. The van der Waals surface area contributed by atoms with Crippen LogP contribution in [0.25, 0.3) is 0 Å². The zero-order valence-corrected chi connectivity index (χ0v) is 33.0. The van der Waals surface area contributed by atoms with Crippen LogP contribution in [-0.4, -0.2) is 54.6 Å². The number of quaternary nitrogens is 1. The molecule has 0 bridgehead atoms. The molecule has 2 atom stereocenters. The number of rotatable bonds is 37. The number of hydroxylamine groups is 3. The van der Waals surface area contributed by atoms with Crippen LogP contribution in [0.1, 0.15) is 207 Å². The van der Waals surface area contributed by atoms with Gasteiger partial charge in [-0.05, 0) is 71.1 Å².